The van der Waals surface area contributed by atoms with Crippen molar-refractivity contribution in [3.05, 3.63) is 34.7 Å². The van der Waals surface area contributed by atoms with E-state index in [2.05, 4.69) is 6.07 Å². The highest BCUT2D eigenvalue weighted by molar-refractivity contribution is 5.75. The van der Waals surface area contributed by atoms with E-state index >= 15 is 0 Å². The molecule has 1 aromatic carbocycles. The summed E-state index contributed by atoms with van der Waals surface area (Å²) in [6.07, 6.45) is 2.26. The van der Waals surface area contributed by atoms with E-state index in [4.69, 9.17) is 5.26 Å². The molecule has 0 radical (unpaired) electrons. The Hall–Kier alpha value is -2.02. The lowest BCUT2D eigenvalue weighted by molar-refractivity contribution is 0.602. The molecule has 0 aliphatic heterocycles. The molecular formula is C13H15N3O. The number of rotatable bonds is 4. The van der Waals surface area contributed by atoms with Crippen LogP contribution in [0.25, 0.3) is 11.0 Å². The van der Waals surface area contributed by atoms with Crippen LogP contribution in [0.4, 0.5) is 0 Å². The SMILES string of the molecule is Cn1c(=O)n(CCCCC#N)c2ccccc21. The quantitative estimate of drug-likeness (QED) is 0.753. The van der Waals surface area contributed by atoms with Gasteiger partial charge in [0.05, 0.1) is 17.1 Å². The van der Waals surface area contributed by atoms with Gasteiger partial charge in [0.1, 0.15) is 0 Å². The van der Waals surface area contributed by atoms with Crippen LogP contribution in [0.3, 0.4) is 0 Å². The van der Waals surface area contributed by atoms with Crippen LogP contribution >= 0.6 is 0 Å². The van der Waals surface area contributed by atoms with Gasteiger partial charge in [0.25, 0.3) is 0 Å². The van der Waals surface area contributed by atoms with Crippen molar-refractivity contribution in [2.75, 3.05) is 0 Å². The maximum atomic E-state index is 12.0. The Morgan fingerprint density at radius 3 is 2.65 bits per heavy atom. The molecule has 1 aromatic heterocycles. The summed E-state index contributed by atoms with van der Waals surface area (Å²) in [6.45, 7) is 0.682. The Bertz CT molecular complexity index is 616. The number of nitrogens with zero attached hydrogens (tertiary/aromatic N) is 3. The van der Waals surface area contributed by atoms with E-state index in [0.717, 1.165) is 23.9 Å². The highest BCUT2D eigenvalue weighted by Gasteiger charge is 2.08. The number of fused-ring (bicyclic) bond motifs is 1. The van der Waals surface area contributed by atoms with Crippen LogP contribution < -0.4 is 5.69 Å². The van der Waals surface area contributed by atoms with Crippen LogP contribution in [0.2, 0.25) is 0 Å². The fourth-order valence-electron chi connectivity index (χ4n) is 2.05. The van der Waals surface area contributed by atoms with Gasteiger partial charge in [0.2, 0.25) is 0 Å². The summed E-state index contributed by atoms with van der Waals surface area (Å²) < 4.78 is 3.45. The second-order valence-electron chi connectivity index (χ2n) is 4.10. The van der Waals surface area contributed by atoms with E-state index in [0.29, 0.717) is 13.0 Å². The predicted octanol–water partition coefficient (Wildman–Crippen LogP) is 2.03. The van der Waals surface area contributed by atoms with Gasteiger partial charge in [0, 0.05) is 20.0 Å². The first-order valence-corrected chi connectivity index (χ1v) is 5.77. The van der Waals surface area contributed by atoms with Gasteiger partial charge in [0.15, 0.2) is 0 Å². The molecule has 2 aromatic rings. The van der Waals surface area contributed by atoms with Crippen LogP contribution in [0.1, 0.15) is 19.3 Å². The number of aryl methyl sites for hydroxylation is 2. The van der Waals surface area contributed by atoms with Gasteiger partial charge >= 0.3 is 5.69 Å². The first-order valence-electron chi connectivity index (χ1n) is 5.77. The Balaban J connectivity index is 2.31. The fourth-order valence-corrected chi connectivity index (χ4v) is 2.05. The van der Waals surface area contributed by atoms with Crippen LogP contribution in [-0.4, -0.2) is 9.13 Å². The standard InChI is InChI=1S/C13H15N3O/c1-15-11-7-3-4-8-12(11)16(13(15)17)10-6-2-5-9-14/h3-4,7-8H,2,5-6,10H2,1H3. The Kier molecular flexibility index (Phi) is 3.29. The molecule has 2 rings (SSSR count). The molecule has 1 heterocycles. The second kappa shape index (κ2) is 4.88. The minimum absolute atomic E-state index is 0.0168. The number of imidazole rings is 1. The molecule has 0 atom stereocenters. The molecule has 0 spiro atoms. The zero-order valence-electron chi connectivity index (χ0n) is 9.89. The lowest BCUT2D eigenvalue weighted by Gasteiger charge is -2.01. The molecule has 88 valence electrons. The summed E-state index contributed by atoms with van der Waals surface area (Å²) in [7, 11) is 1.79. The lowest BCUT2D eigenvalue weighted by atomic mass is 10.2. The second-order valence-corrected chi connectivity index (χ2v) is 4.10. The summed E-state index contributed by atoms with van der Waals surface area (Å²) in [5.41, 5.74) is 1.94. The van der Waals surface area contributed by atoms with Crippen molar-refractivity contribution in [3.63, 3.8) is 0 Å². The van der Waals surface area contributed by atoms with Gasteiger partial charge in [-0.25, -0.2) is 4.79 Å². The zero-order valence-corrected chi connectivity index (χ0v) is 9.89. The molecule has 17 heavy (non-hydrogen) atoms. The van der Waals surface area contributed by atoms with Crippen molar-refractivity contribution in [2.24, 2.45) is 7.05 Å². The van der Waals surface area contributed by atoms with Crippen molar-refractivity contribution in [1.82, 2.24) is 9.13 Å². The molecule has 0 amide bonds. The van der Waals surface area contributed by atoms with Gasteiger partial charge in [-0.1, -0.05) is 12.1 Å². The summed E-state index contributed by atoms with van der Waals surface area (Å²) in [4.78, 5) is 12.0. The zero-order chi connectivity index (χ0) is 12.3. The molecule has 0 N–H and O–H groups in total. The van der Waals surface area contributed by atoms with Crippen molar-refractivity contribution in [3.8, 4) is 6.07 Å². The summed E-state index contributed by atoms with van der Waals surface area (Å²) >= 11 is 0. The van der Waals surface area contributed by atoms with Crippen molar-refractivity contribution in [2.45, 2.75) is 25.8 Å². The summed E-state index contributed by atoms with van der Waals surface area (Å²) in [5, 5.41) is 8.47. The predicted molar refractivity (Wildman–Crippen MR) is 66.6 cm³/mol. The number of benzene rings is 1. The summed E-state index contributed by atoms with van der Waals surface area (Å²) in [6, 6.07) is 9.90. The molecule has 0 aliphatic rings. The Labute approximate surface area is 99.7 Å². The maximum Gasteiger partial charge on any atom is 0.328 e. The number of aromatic nitrogens is 2. The molecular weight excluding hydrogens is 214 g/mol. The van der Waals surface area contributed by atoms with Gasteiger partial charge in [-0.15, -0.1) is 0 Å². The highest BCUT2D eigenvalue weighted by atomic mass is 16.1. The third-order valence-electron chi connectivity index (χ3n) is 2.97. The number of para-hydroxylation sites is 2. The van der Waals surface area contributed by atoms with Gasteiger partial charge in [-0.3, -0.25) is 9.13 Å². The van der Waals surface area contributed by atoms with E-state index in [1.165, 1.54) is 0 Å². The fraction of sp³-hybridized carbons (Fsp3) is 0.385. The first-order chi connectivity index (χ1) is 8.25. The Morgan fingerprint density at radius 2 is 1.94 bits per heavy atom. The van der Waals surface area contributed by atoms with Crippen LogP contribution in [0, 0.1) is 11.3 Å². The number of hydrogen-bond acceptors (Lipinski definition) is 2. The maximum absolute atomic E-state index is 12.0. The lowest BCUT2D eigenvalue weighted by Crippen LogP contribution is -2.22. The molecule has 0 unspecified atom stereocenters. The first kappa shape index (κ1) is 11.5. The van der Waals surface area contributed by atoms with E-state index in [1.54, 1.807) is 16.2 Å². The van der Waals surface area contributed by atoms with Crippen LogP contribution in [-0.2, 0) is 13.6 Å². The van der Waals surface area contributed by atoms with E-state index < -0.39 is 0 Å². The van der Waals surface area contributed by atoms with Crippen molar-refractivity contribution in [1.29, 1.82) is 5.26 Å². The van der Waals surface area contributed by atoms with Crippen molar-refractivity contribution < 1.29 is 0 Å². The van der Waals surface area contributed by atoms with Crippen LogP contribution in [0.15, 0.2) is 29.1 Å². The van der Waals surface area contributed by atoms with Gasteiger partial charge < -0.3 is 0 Å². The third kappa shape index (κ3) is 2.09. The number of nitriles is 1. The average molecular weight is 229 g/mol. The number of hydrogen-bond donors (Lipinski definition) is 0. The monoisotopic (exact) mass is 229 g/mol. The molecule has 0 saturated carbocycles. The van der Waals surface area contributed by atoms with E-state index in [-0.39, 0.29) is 5.69 Å². The highest BCUT2D eigenvalue weighted by Crippen LogP contribution is 2.12. The summed E-state index contributed by atoms with van der Waals surface area (Å²) in [5.74, 6) is 0. The smallest absolute Gasteiger partial charge is 0.295 e. The number of unbranched alkanes of at least 4 members (excludes halogenated alkanes) is 2. The van der Waals surface area contributed by atoms with E-state index in [1.807, 2.05) is 24.3 Å². The molecule has 0 aliphatic carbocycles. The third-order valence-corrected chi connectivity index (χ3v) is 2.97. The van der Waals surface area contributed by atoms with Gasteiger partial charge in [-0.2, -0.15) is 5.26 Å². The van der Waals surface area contributed by atoms with Crippen molar-refractivity contribution >= 4 is 11.0 Å². The molecule has 0 saturated heterocycles. The van der Waals surface area contributed by atoms with E-state index in [9.17, 15) is 4.79 Å². The minimum Gasteiger partial charge on any atom is -0.295 e. The van der Waals surface area contributed by atoms with Gasteiger partial charge in [-0.05, 0) is 25.0 Å². The Morgan fingerprint density at radius 1 is 1.24 bits per heavy atom. The average Bonchev–Trinajstić information content (AvgIpc) is 2.60. The molecule has 0 fully saturated rings. The molecule has 0 bridgehead atoms. The molecule has 4 nitrogen and oxygen atoms in total. The largest absolute Gasteiger partial charge is 0.328 e. The topological polar surface area (TPSA) is 50.7 Å². The minimum atomic E-state index is 0.0168. The normalized spacial score (nSPS) is 10.6. The molecule has 4 heteroatoms. The van der Waals surface area contributed by atoms with Crippen LogP contribution in [0.5, 0.6) is 0 Å².